The van der Waals surface area contributed by atoms with E-state index in [4.69, 9.17) is 5.73 Å². The molecule has 0 fully saturated rings. The fraction of sp³-hybridized carbons (Fsp3) is 0.429. The molecule has 1 unspecified atom stereocenters. The third-order valence-electron chi connectivity index (χ3n) is 2.88. The van der Waals surface area contributed by atoms with Crippen LogP contribution in [-0.2, 0) is 16.1 Å². The molecule has 0 saturated carbocycles. The van der Waals surface area contributed by atoms with Gasteiger partial charge in [-0.15, -0.1) is 0 Å². The summed E-state index contributed by atoms with van der Waals surface area (Å²) in [6.07, 6.45) is 0. The Labute approximate surface area is 127 Å². The average molecular weight is 342 g/mol. The molecule has 20 heavy (non-hydrogen) atoms. The Morgan fingerprint density at radius 1 is 1.35 bits per heavy atom. The Morgan fingerprint density at radius 2 is 1.95 bits per heavy atom. The molecule has 0 aliphatic heterocycles. The lowest BCUT2D eigenvalue weighted by molar-refractivity contribution is -0.138. The third-order valence-corrected chi connectivity index (χ3v) is 3.41. The van der Waals surface area contributed by atoms with Crippen LogP contribution in [0.3, 0.4) is 0 Å². The van der Waals surface area contributed by atoms with Gasteiger partial charge in [-0.05, 0) is 24.7 Å². The van der Waals surface area contributed by atoms with Gasteiger partial charge in [-0.3, -0.25) is 9.59 Å². The minimum Gasteiger partial charge on any atom is -0.368 e. The fourth-order valence-electron chi connectivity index (χ4n) is 1.92. The minimum atomic E-state index is -0.507. The molecule has 0 aliphatic carbocycles. The molecule has 1 rings (SSSR count). The zero-order valence-corrected chi connectivity index (χ0v) is 13.3. The second-order valence-corrected chi connectivity index (χ2v) is 5.66. The van der Waals surface area contributed by atoms with Crippen LogP contribution in [0.25, 0.3) is 0 Å². The topological polar surface area (TPSA) is 75.4 Å². The molecule has 6 heteroatoms. The summed E-state index contributed by atoms with van der Waals surface area (Å²) in [5, 5.41) is 2.96. The van der Waals surface area contributed by atoms with Crippen molar-refractivity contribution in [3.05, 3.63) is 34.3 Å². The van der Waals surface area contributed by atoms with E-state index in [1.54, 1.807) is 7.05 Å². The van der Waals surface area contributed by atoms with Crippen molar-refractivity contribution in [3.63, 3.8) is 0 Å². The highest BCUT2D eigenvalue weighted by atomic mass is 79.9. The molecule has 0 bridgehead atoms. The number of carbonyl (C=O) groups excluding carboxylic acids is 2. The standard InChI is InChI=1S/C14H20BrN3O2/c1-10(7-17-2)14(20)18(9-13(16)19)8-11-3-5-12(15)6-4-11/h3-6,10,17H,7-9H2,1-2H3,(H2,16,19). The van der Waals surface area contributed by atoms with Gasteiger partial charge in [0.15, 0.2) is 0 Å². The van der Waals surface area contributed by atoms with Crippen molar-refractivity contribution in [3.8, 4) is 0 Å². The quantitative estimate of drug-likeness (QED) is 0.780. The molecule has 3 N–H and O–H groups in total. The Hall–Kier alpha value is -1.40. The number of nitrogens with zero attached hydrogens (tertiary/aromatic N) is 1. The monoisotopic (exact) mass is 341 g/mol. The second kappa shape index (κ2) is 8.01. The maximum absolute atomic E-state index is 12.3. The summed E-state index contributed by atoms with van der Waals surface area (Å²) >= 11 is 3.36. The zero-order valence-electron chi connectivity index (χ0n) is 11.7. The van der Waals surface area contributed by atoms with E-state index in [0.717, 1.165) is 10.0 Å². The number of halogens is 1. The summed E-state index contributed by atoms with van der Waals surface area (Å²) in [6.45, 7) is 2.70. The smallest absolute Gasteiger partial charge is 0.237 e. The largest absolute Gasteiger partial charge is 0.368 e. The maximum Gasteiger partial charge on any atom is 0.237 e. The van der Waals surface area contributed by atoms with Gasteiger partial charge in [-0.25, -0.2) is 0 Å². The van der Waals surface area contributed by atoms with Gasteiger partial charge in [0, 0.05) is 23.5 Å². The minimum absolute atomic E-state index is 0.0665. The highest BCUT2D eigenvalue weighted by Gasteiger charge is 2.21. The molecule has 0 saturated heterocycles. The van der Waals surface area contributed by atoms with E-state index in [2.05, 4.69) is 21.2 Å². The zero-order chi connectivity index (χ0) is 15.1. The molecule has 0 aromatic heterocycles. The van der Waals surface area contributed by atoms with Gasteiger partial charge < -0.3 is 16.0 Å². The molecule has 1 atom stereocenters. The Balaban J connectivity index is 2.80. The first-order valence-corrected chi connectivity index (χ1v) is 7.19. The number of nitrogens with two attached hydrogens (primary N) is 1. The van der Waals surface area contributed by atoms with E-state index < -0.39 is 5.91 Å². The number of carbonyl (C=O) groups is 2. The number of nitrogens with one attached hydrogen (secondary N) is 1. The van der Waals surface area contributed by atoms with Crippen LogP contribution < -0.4 is 11.1 Å². The normalized spacial score (nSPS) is 11.9. The Bertz CT molecular complexity index is 462. The first-order chi connectivity index (χ1) is 9.43. The number of hydrogen-bond acceptors (Lipinski definition) is 3. The molecule has 0 radical (unpaired) electrons. The van der Waals surface area contributed by atoms with E-state index in [0.29, 0.717) is 13.1 Å². The lowest BCUT2D eigenvalue weighted by Gasteiger charge is -2.24. The van der Waals surface area contributed by atoms with Gasteiger partial charge in [-0.2, -0.15) is 0 Å². The summed E-state index contributed by atoms with van der Waals surface area (Å²) in [5.41, 5.74) is 6.18. The van der Waals surface area contributed by atoms with Gasteiger partial charge >= 0.3 is 0 Å². The molecule has 0 heterocycles. The first kappa shape index (κ1) is 16.7. The van der Waals surface area contributed by atoms with Crippen molar-refractivity contribution in [2.45, 2.75) is 13.5 Å². The molecule has 1 aromatic carbocycles. The van der Waals surface area contributed by atoms with Gasteiger partial charge in [0.2, 0.25) is 11.8 Å². The van der Waals surface area contributed by atoms with Crippen LogP contribution in [0.5, 0.6) is 0 Å². The fourth-order valence-corrected chi connectivity index (χ4v) is 2.18. The predicted molar refractivity (Wildman–Crippen MR) is 81.8 cm³/mol. The Morgan fingerprint density at radius 3 is 2.45 bits per heavy atom. The number of primary amides is 1. The number of amides is 2. The van der Waals surface area contributed by atoms with Crippen LogP contribution in [0.1, 0.15) is 12.5 Å². The van der Waals surface area contributed by atoms with Crippen molar-refractivity contribution in [1.82, 2.24) is 10.2 Å². The lowest BCUT2D eigenvalue weighted by Crippen LogP contribution is -2.42. The van der Waals surface area contributed by atoms with Crippen molar-refractivity contribution in [2.75, 3.05) is 20.1 Å². The van der Waals surface area contributed by atoms with E-state index in [1.807, 2.05) is 31.2 Å². The summed E-state index contributed by atoms with van der Waals surface area (Å²) in [4.78, 5) is 24.9. The Kier molecular flexibility index (Phi) is 6.67. The number of rotatable bonds is 7. The van der Waals surface area contributed by atoms with Gasteiger partial charge in [0.05, 0.1) is 6.54 Å². The molecule has 2 amide bonds. The van der Waals surface area contributed by atoms with Crippen LogP contribution in [0.4, 0.5) is 0 Å². The first-order valence-electron chi connectivity index (χ1n) is 6.40. The predicted octanol–water partition coefficient (Wildman–Crippen LogP) is 1.12. The van der Waals surface area contributed by atoms with Crippen LogP contribution in [-0.4, -0.2) is 36.9 Å². The lowest BCUT2D eigenvalue weighted by atomic mass is 10.1. The summed E-state index contributed by atoms with van der Waals surface area (Å²) < 4.78 is 0.970. The maximum atomic E-state index is 12.3. The van der Waals surface area contributed by atoms with E-state index >= 15 is 0 Å². The van der Waals surface area contributed by atoms with E-state index in [1.165, 1.54) is 4.90 Å². The molecular formula is C14H20BrN3O2. The molecule has 0 spiro atoms. The van der Waals surface area contributed by atoms with Crippen molar-refractivity contribution >= 4 is 27.7 Å². The van der Waals surface area contributed by atoms with Crippen LogP contribution >= 0.6 is 15.9 Å². The summed E-state index contributed by atoms with van der Waals surface area (Å²) in [7, 11) is 1.79. The van der Waals surface area contributed by atoms with Gasteiger partial charge in [-0.1, -0.05) is 35.0 Å². The van der Waals surface area contributed by atoms with E-state index in [-0.39, 0.29) is 18.4 Å². The van der Waals surface area contributed by atoms with Gasteiger partial charge in [0.25, 0.3) is 0 Å². The summed E-state index contributed by atoms with van der Waals surface area (Å²) in [6, 6.07) is 7.63. The highest BCUT2D eigenvalue weighted by molar-refractivity contribution is 9.10. The average Bonchev–Trinajstić information content (AvgIpc) is 2.39. The van der Waals surface area contributed by atoms with E-state index in [9.17, 15) is 9.59 Å². The van der Waals surface area contributed by atoms with Crippen molar-refractivity contribution < 1.29 is 9.59 Å². The van der Waals surface area contributed by atoms with Crippen LogP contribution in [0.2, 0.25) is 0 Å². The van der Waals surface area contributed by atoms with Gasteiger partial charge in [0.1, 0.15) is 0 Å². The summed E-state index contributed by atoms with van der Waals surface area (Å²) in [5.74, 6) is -0.789. The second-order valence-electron chi connectivity index (χ2n) is 4.75. The molecule has 1 aromatic rings. The number of benzene rings is 1. The van der Waals surface area contributed by atoms with Crippen molar-refractivity contribution in [1.29, 1.82) is 0 Å². The molecule has 5 nitrogen and oxygen atoms in total. The molecular weight excluding hydrogens is 322 g/mol. The third kappa shape index (κ3) is 5.30. The SMILES string of the molecule is CNCC(C)C(=O)N(CC(N)=O)Cc1ccc(Br)cc1. The van der Waals surface area contributed by atoms with Crippen LogP contribution in [0.15, 0.2) is 28.7 Å². The van der Waals surface area contributed by atoms with Crippen molar-refractivity contribution in [2.24, 2.45) is 11.7 Å². The molecule has 110 valence electrons. The molecule has 0 aliphatic rings. The number of hydrogen-bond donors (Lipinski definition) is 2. The van der Waals surface area contributed by atoms with Crippen LogP contribution in [0, 0.1) is 5.92 Å². The highest BCUT2D eigenvalue weighted by Crippen LogP contribution is 2.13.